The SMILES string of the molecule is CCOc1ccc(-c2nnnn2C(C(=O)O)C(C)CC)cc1N. The van der Waals surface area contributed by atoms with Gasteiger partial charge in [-0.1, -0.05) is 20.3 Å². The summed E-state index contributed by atoms with van der Waals surface area (Å²) in [7, 11) is 0. The summed E-state index contributed by atoms with van der Waals surface area (Å²) in [6.07, 6.45) is 0.696. The summed E-state index contributed by atoms with van der Waals surface area (Å²) in [5.41, 5.74) is 7.06. The molecule has 2 unspecified atom stereocenters. The van der Waals surface area contributed by atoms with E-state index in [2.05, 4.69) is 15.5 Å². The molecule has 8 heteroatoms. The molecule has 0 spiro atoms. The summed E-state index contributed by atoms with van der Waals surface area (Å²) in [4.78, 5) is 11.6. The maximum atomic E-state index is 11.6. The Labute approximate surface area is 134 Å². The zero-order valence-electron chi connectivity index (χ0n) is 13.4. The number of benzene rings is 1. The number of carboxylic acids is 1. The number of rotatable bonds is 7. The molecule has 3 N–H and O–H groups in total. The first-order valence-corrected chi connectivity index (χ1v) is 7.52. The van der Waals surface area contributed by atoms with Crippen molar-refractivity contribution in [3.05, 3.63) is 18.2 Å². The third kappa shape index (κ3) is 3.41. The van der Waals surface area contributed by atoms with E-state index in [1.54, 1.807) is 18.2 Å². The Hall–Kier alpha value is -2.64. The van der Waals surface area contributed by atoms with E-state index in [9.17, 15) is 9.90 Å². The van der Waals surface area contributed by atoms with Crippen LogP contribution < -0.4 is 10.5 Å². The van der Waals surface area contributed by atoms with E-state index in [0.717, 1.165) is 0 Å². The molecule has 0 aliphatic heterocycles. The van der Waals surface area contributed by atoms with Crippen LogP contribution in [-0.4, -0.2) is 37.9 Å². The van der Waals surface area contributed by atoms with Crippen molar-refractivity contribution in [3.8, 4) is 17.1 Å². The van der Waals surface area contributed by atoms with Crippen LogP contribution in [0.15, 0.2) is 18.2 Å². The number of nitrogens with zero attached hydrogens (tertiary/aromatic N) is 4. The first-order valence-electron chi connectivity index (χ1n) is 7.52. The Morgan fingerprint density at radius 3 is 2.74 bits per heavy atom. The number of tetrazole rings is 1. The minimum atomic E-state index is -0.966. The summed E-state index contributed by atoms with van der Waals surface area (Å²) in [5.74, 6) is -0.138. The molecule has 0 aliphatic carbocycles. The van der Waals surface area contributed by atoms with Crippen molar-refractivity contribution >= 4 is 11.7 Å². The van der Waals surface area contributed by atoms with Crippen molar-refractivity contribution < 1.29 is 14.6 Å². The number of hydrogen-bond acceptors (Lipinski definition) is 6. The van der Waals surface area contributed by atoms with Crippen LogP contribution in [0.5, 0.6) is 5.75 Å². The Morgan fingerprint density at radius 2 is 2.17 bits per heavy atom. The molecule has 2 atom stereocenters. The van der Waals surface area contributed by atoms with Crippen molar-refractivity contribution in [3.63, 3.8) is 0 Å². The second kappa shape index (κ2) is 7.08. The second-order valence-corrected chi connectivity index (χ2v) is 5.30. The van der Waals surface area contributed by atoms with Gasteiger partial charge >= 0.3 is 5.97 Å². The van der Waals surface area contributed by atoms with Gasteiger partial charge in [-0.15, -0.1) is 5.10 Å². The van der Waals surface area contributed by atoms with Gasteiger partial charge in [-0.2, -0.15) is 0 Å². The molecule has 2 aromatic rings. The minimum absolute atomic E-state index is 0.116. The van der Waals surface area contributed by atoms with Gasteiger partial charge in [0.15, 0.2) is 11.9 Å². The standard InChI is InChI=1S/C15H21N5O3/c1-4-9(3)13(15(21)22)20-14(17-18-19-20)10-6-7-12(23-5-2)11(16)8-10/h6-9,13H,4-5,16H2,1-3H3,(H,21,22). The van der Waals surface area contributed by atoms with Crippen LogP contribution in [0.1, 0.15) is 33.2 Å². The molecule has 0 bridgehead atoms. The number of carboxylic acid groups (broad SMARTS) is 1. The van der Waals surface area contributed by atoms with Crippen LogP contribution in [0.25, 0.3) is 11.4 Å². The van der Waals surface area contributed by atoms with Gasteiger partial charge in [-0.25, -0.2) is 9.48 Å². The monoisotopic (exact) mass is 319 g/mol. The molecule has 1 aromatic carbocycles. The topological polar surface area (TPSA) is 116 Å². The molecular formula is C15H21N5O3. The Balaban J connectivity index is 2.44. The quantitative estimate of drug-likeness (QED) is 0.749. The fraction of sp³-hybridized carbons (Fsp3) is 0.467. The Kier molecular flexibility index (Phi) is 5.15. The number of aliphatic carboxylic acids is 1. The van der Waals surface area contributed by atoms with E-state index in [4.69, 9.17) is 10.5 Å². The third-order valence-corrected chi connectivity index (χ3v) is 3.76. The number of nitrogens with two attached hydrogens (primary N) is 1. The van der Waals surface area contributed by atoms with Gasteiger partial charge in [-0.3, -0.25) is 0 Å². The molecule has 1 aromatic heterocycles. The average Bonchev–Trinajstić information content (AvgIpc) is 2.98. The lowest BCUT2D eigenvalue weighted by molar-refractivity contribution is -0.142. The first kappa shape index (κ1) is 16.7. The summed E-state index contributed by atoms with van der Waals surface area (Å²) in [6.45, 7) is 6.17. The molecule has 2 rings (SSSR count). The summed E-state index contributed by atoms with van der Waals surface area (Å²) >= 11 is 0. The maximum absolute atomic E-state index is 11.6. The summed E-state index contributed by atoms with van der Waals surface area (Å²) in [6, 6.07) is 4.34. The fourth-order valence-corrected chi connectivity index (χ4v) is 2.36. The van der Waals surface area contributed by atoms with Crippen molar-refractivity contribution in [1.29, 1.82) is 0 Å². The van der Waals surface area contributed by atoms with Gasteiger partial charge in [0, 0.05) is 5.56 Å². The van der Waals surface area contributed by atoms with E-state index >= 15 is 0 Å². The van der Waals surface area contributed by atoms with Crippen LogP contribution >= 0.6 is 0 Å². The predicted octanol–water partition coefficient (Wildman–Crippen LogP) is 1.99. The van der Waals surface area contributed by atoms with Gasteiger partial charge in [0.2, 0.25) is 0 Å². The van der Waals surface area contributed by atoms with Crippen molar-refractivity contribution in [2.45, 2.75) is 33.2 Å². The lowest BCUT2D eigenvalue weighted by Gasteiger charge is -2.19. The van der Waals surface area contributed by atoms with E-state index in [-0.39, 0.29) is 5.92 Å². The molecule has 1 heterocycles. The number of carbonyl (C=O) groups is 1. The smallest absolute Gasteiger partial charge is 0.328 e. The molecule has 0 amide bonds. The van der Waals surface area contributed by atoms with Crippen LogP contribution in [-0.2, 0) is 4.79 Å². The number of hydrogen-bond donors (Lipinski definition) is 2. The van der Waals surface area contributed by atoms with Gasteiger partial charge in [0.05, 0.1) is 12.3 Å². The third-order valence-electron chi connectivity index (χ3n) is 3.76. The second-order valence-electron chi connectivity index (χ2n) is 5.30. The molecule has 0 aliphatic rings. The lowest BCUT2D eigenvalue weighted by Crippen LogP contribution is -2.27. The van der Waals surface area contributed by atoms with Crippen LogP contribution in [0.3, 0.4) is 0 Å². The highest BCUT2D eigenvalue weighted by Crippen LogP contribution is 2.30. The van der Waals surface area contributed by atoms with E-state index in [0.29, 0.717) is 35.9 Å². The van der Waals surface area contributed by atoms with Crippen molar-refractivity contribution in [2.24, 2.45) is 5.92 Å². The van der Waals surface area contributed by atoms with Crippen molar-refractivity contribution in [1.82, 2.24) is 20.2 Å². The Morgan fingerprint density at radius 1 is 1.43 bits per heavy atom. The van der Waals surface area contributed by atoms with Gasteiger partial charge in [-0.05, 0) is 41.5 Å². The molecule has 0 radical (unpaired) electrons. The van der Waals surface area contributed by atoms with Crippen LogP contribution in [0.4, 0.5) is 5.69 Å². The largest absolute Gasteiger partial charge is 0.492 e. The van der Waals surface area contributed by atoms with Gasteiger partial charge in [0.1, 0.15) is 5.75 Å². The molecule has 23 heavy (non-hydrogen) atoms. The highest BCUT2D eigenvalue weighted by Gasteiger charge is 2.29. The average molecular weight is 319 g/mol. The minimum Gasteiger partial charge on any atom is -0.492 e. The van der Waals surface area contributed by atoms with E-state index in [1.165, 1.54) is 4.68 Å². The first-order chi connectivity index (χ1) is 11.0. The van der Waals surface area contributed by atoms with Crippen molar-refractivity contribution in [2.75, 3.05) is 12.3 Å². The predicted molar refractivity (Wildman–Crippen MR) is 85.0 cm³/mol. The zero-order valence-corrected chi connectivity index (χ0v) is 13.4. The molecule has 8 nitrogen and oxygen atoms in total. The molecule has 0 saturated carbocycles. The van der Waals surface area contributed by atoms with Gasteiger partial charge < -0.3 is 15.6 Å². The molecular weight excluding hydrogens is 298 g/mol. The number of ether oxygens (including phenoxy) is 1. The highest BCUT2D eigenvalue weighted by molar-refractivity contribution is 5.74. The molecule has 124 valence electrons. The lowest BCUT2D eigenvalue weighted by atomic mass is 9.99. The summed E-state index contributed by atoms with van der Waals surface area (Å²) in [5, 5.41) is 21.0. The van der Waals surface area contributed by atoms with E-state index in [1.807, 2.05) is 20.8 Å². The maximum Gasteiger partial charge on any atom is 0.328 e. The molecule has 0 fully saturated rings. The van der Waals surface area contributed by atoms with Gasteiger partial charge in [0.25, 0.3) is 0 Å². The highest BCUT2D eigenvalue weighted by atomic mass is 16.5. The van der Waals surface area contributed by atoms with E-state index < -0.39 is 12.0 Å². The normalized spacial score (nSPS) is 13.5. The van der Waals surface area contributed by atoms with Crippen LogP contribution in [0, 0.1) is 5.92 Å². The number of anilines is 1. The summed E-state index contributed by atoms with van der Waals surface area (Å²) < 4.78 is 6.74. The molecule has 0 saturated heterocycles. The number of aromatic nitrogens is 4. The zero-order chi connectivity index (χ0) is 17.0. The Bertz CT molecular complexity index is 686. The van der Waals surface area contributed by atoms with Crippen LogP contribution in [0.2, 0.25) is 0 Å². The fourth-order valence-electron chi connectivity index (χ4n) is 2.36. The number of nitrogen functional groups attached to an aromatic ring is 1.